The zero-order chi connectivity index (χ0) is 29.3. The second-order valence-corrected chi connectivity index (χ2v) is 9.35. The van der Waals surface area contributed by atoms with Crippen molar-refractivity contribution in [2.45, 2.75) is 69.1 Å². The Morgan fingerprint density at radius 1 is 0.763 bits per heavy atom. The first-order valence-corrected chi connectivity index (χ1v) is 13.2. The molecule has 0 aromatic heterocycles. The van der Waals surface area contributed by atoms with Crippen molar-refractivity contribution < 1.29 is 33.9 Å². The molecule has 0 bridgehead atoms. The number of carbonyl (C=O) groups is 6. The van der Waals surface area contributed by atoms with Gasteiger partial charge in [-0.3, -0.25) is 29.0 Å². The number of amides is 5. The Morgan fingerprint density at radius 3 is 1.76 bits per heavy atom. The molecule has 0 aliphatic heterocycles. The number of hydrogen-bond acceptors (Lipinski definition) is 9. The minimum Gasteiger partial charge on any atom is -0.480 e. The Morgan fingerprint density at radius 2 is 1.26 bits per heavy atom. The number of aliphatic carboxylic acids is 1. The SMILES string of the molecule is CSCCC(NC(=O)C(N)CCC(N)=O)C(=O)NC(CCCN=C(N)N)C(=O)NC(CCC(N)=O)C(=O)O. The molecule has 14 N–H and O–H groups in total. The lowest BCUT2D eigenvalue weighted by molar-refractivity contribution is -0.142. The van der Waals surface area contributed by atoms with Crippen LogP contribution in [0.4, 0.5) is 0 Å². The molecule has 0 saturated heterocycles. The molecule has 16 nitrogen and oxygen atoms in total. The van der Waals surface area contributed by atoms with Crippen molar-refractivity contribution in [3.8, 4) is 0 Å². The Balaban J connectivity index is 5.61. The number of nitrogens with one attached hydrogen (secondary N) is 3. The Hall–Kier alpha value is -3.60. The van der Waals surface area contributed by atoms with Gasteiger partial charge in [-0.1, -0.05) is 0 Å². The molecule has 216 valence electrons. The Bertz CT molecular complexity index is 868. The summed E-state index contributed by atoms with van der Waals surface area (Å²) in [5.41, 5.74) is 26.5. The highest BCUT2D eigenvalue weighted by atomic mass is 32.2. The van der Waals surface area contributed by atoms with Gasteiger partial charge in [-0.05, 0) is 44.1 Å². The fourth-order valence-electron chi connectivity index (χ4n) is 3.07. The molecule has 0 saturated carbocycles. The summed E-state index contributed by atoms with van der Waals surface area (Å²) in [4.78, 5) is 75.9. The maximum Gasteiger partial charge on any atom is 0.326 e. The molecule has 17 heteroatoms. The summed E-state index contributed by atoms with van der Waals surface area (Å²) in [6.45, 7) is 0.132. The van der Waals surface area contributed by atoms with Crippen LogP contribution in [-0.4, -0.2) is 89.3 Å². The van der Waals surface area contributed by atoms with E-state index in [4.69, 9.17) is 28.7 Å². The number of guanidine groups is 1. The van der Waals surface area contributed by atoms with Gasteiger partial charge >= 0.3 is 5.97 Å². The van der Waals surface area contributed by atoms with Crippen LogP contribution in [0.25, 0.3) is 0 Å². The Kier molecular flexibility index (Phi) is 16.9. The predicted octanol–water partition coefficient (Wildman–Crippen LogP) is -3.81. The van der Waals surface area contributed by atoms with E-state index in [0.717, 1.165) is 0 Å². The van der Waals surface area contributed by atoms with Crippen LogP contribution in [0.5, 0.6) is 0 Å². The quantitative estimate of drug-likeness (QED) is 0.0394. The molecule has 0 rings (SSSR count). The molecule has 0 spiro atoms. The highest BCUT2D eigenvalue weighted by Gasteiger charge is 2.30. The molecule has 4 unspecified atom stereocenters. The van der Waals surface area contributed by atoms with E-state index in [9.17, 15) is 33.9 Å². The first-order valence-electron chi connectivity index (χ1n) is 11.8. The molecule has 0 radical (unpaired) electrons. The van der Waals surface area contributed by atoms with Crippen LogP contribution in [0.15, 0.2) is 4.99 Å². The van der Waals surface area contributed by atoms with Gasteiger partial charge in [0.25, 0.3) is 0 Å². The number of aliphatic imine (C=N–C) groups is 1. The molecule has 5 amide bonds. The lowest BCUT2D eigenvalue weighted by Gasteiger charge is -2.25. The molecular formula is C21H39N9O7S. The summed E-state index contributed by atoms with van der Waals surface area (Å²) in [6.07, 6.45) is 1.60. The van der Waals surface area contributed by atoms with Crippen LogP contribution in [-0.2, 0) is 28.8 Å². The van der Waals surface area contributed by atoms with Gasteiger partial charge in [-0.15, -0.1) is 0 Å². The summed E-state index contributed by atoms with van der Waals surface area (Å²) in [7, 11) is 0. The predicted molar refractivity (Wildman–Crippen MR) is 141 cm³/mol. The van der Waals surface area contributed by atoms with Crippen LogP contribution in [0, 0.1) is 0 Å². The van der Waals surface area contributed by atoms with Gasteiger partial charge in [-0.2, -0.15) is 11.8 Å². The van der Waals surface area contributed by atoms with E-state index < -0.39 is 59.7 Å². The van der Waals surface area contributed by atoms with Gasteiger partial charge in [0.2, 0.25) is 29.5 Å². The number of primary amides is 2. The lowest BCUT2D eigenvalue weighted by Crippen LogP contribution is -2.57. The largest absolute Gasteiger partial charge is 0.480 e. The second-order valence-electron chi connectivity index (χ2n) is 8.37. The number of hydrogen-bond donors (Lipinski definition) is 9. The summed E-state index contributed by atoms with van der Waals surface area (Å²) in [5, 5.41) is 16.7. The summed E-state index contributed by atoms with van der Waals surface area (Å²) in [5.74, 6) is -4.67. The zero-order valence-corrected chi connectivity index (χ0v) is 22.1. The van der Waals surface area contributed by atoms with Crippen molar-refractivity contribution in [1.29, 1.82) is 0 Å². The van der Waals surface area contributed by atoms with Gasteiger partial charge in [0, 0.05) is 19.4 Å². The van der Waals surface area contributed by atoms with Gasteiger partial charge in [0.1, 0.15) is 18.1 Å². The Labute approximate surface area is 224 Å². The van der Waals surface area contributed by atoms with E-state index in [1.54, 1.807) is 6.26 Å². The number of nitrogens with zero attached hydrogens (tertiary/aromatic N) is 1. The summed E-state index contributed by atoms with van der Waals surface area (Å²) >= 11 is 1.42. The highest BCUT2D eigenvalue weighted by Crippen LogP contribution is 2.07. The van der Waals surface area contributed by atoms with Gasteiger partial charge in [0.15, 0.2) is 5.96 Å². The molecular weight excluding hydrogens is 522 g/mol. The third kappa shape index (κ3) is 15.5. The average Bonchev–Trinajstić information content (AvgIpc) is 2.83. The number of carboxylic acid groups (broad SMARTS) is 1. The molecule has 0 aliphatic carbocycles. The minimum atomic E-state index is -1.43. The van der Waals surface area contributed by atoms with Crippen molar-refractivity contribution in [2.24, 2.45) is 33.7 Å². The average molecular weight is 562 g/mol. The van der Waals surface area contributed by atoms with Crippen molar-refractivity contribution in [1.82, 2.24) is 16.0 Å². The summed E-state index contributed by atoms with van der Waals surface area (Å²) in [6, 6.07) is -4.81. The lowest BCUT2D eigenvalue weighted by atomic mass is 10.1. The first-order chi connectivity index (χ1) is 17.8. The van der Waals surface area contributed by atoms with Crippen molar-refractivity contribution >= 4 is 53.2 Å². The highest BCUT2D eigenvalue weighted by molar-refractivity contribution is 7.98. The fraction of sp³-hybridized carbons (Fsp3) is 0.667. The maximum absolute atomic E-state index is 13.1. The fourth-order valence-corrected chi connectivity index (χ4v) is 3.54. The maximum atomic E-state index is 13.1. The summed E-state index contributed by atoms with van der Waals surface area (Å²) < 4.78 is 0. The molecule has 4 atom stereocenters. The molecule has 0 heterocycles. The normalized spacial score (nSPS) is 13.7. The van der Waals surface area contributed by atoms with Crippen LogP contribution in [0.1, 0.15) is 44.9 Å². The van der Waals surface area contributed by atoms with E-state index in [1.165, 1.54) is 11.8 Å². The van der Waals surface area contributed by atoms with Crippen LogP contribution < -0.4 is 44.6 Å². The smallest absolute Gasteiger partial charge is 0.326 e. The number of carboxylic acids is 1. The first kappa shape index (κ1) is 34.4. The molecule has 0 aliphatic rings. The minimum absolute atomic E-state index is 0.0181. The van der Waals surface area contributed by atoms with E-state index in [1.807, 2.05) is 0 Å². The molecule has 0 fully saturated rings. The number of nitrogens with two attached hydrogens (primary N) is 5. The van der Waals surface area contributed by atoms with Gasteiger partial charge in [-0.25, -0.2) is 4.79 Å². The topological polar surface area (TPSA) is 301 Å². The monoisotopic (exact) mass is 561 g/mol. The van der Waals surface area contributed by atoms with Crippen molar-refractivity contribution in [3.63, 3.8) is 0 Å². The second kappa shape index (κ2) is 18.6. The van der Waals surface area contributed by atoms with Crippen molar-refractivity contribution in [3.05, 3.63) is 0 Å². The number of thioether (sulfide) groups is 1. The van der Waals surface area contributed by atoms with E-state index in [0.29, 0.717) is 5.75 Å². The van der Waals surface area contributed by atoms with E-state index >= 15 is 0 Å². The van der Waals surface area contributed by atoms with Gasteiger partial charge in [0.05, 0.1) is 6.04 Å². The standard InChI is InChI=1S/C21H39N9O7S/c1-38-10-8-13(28-17(33)11(22)4-6-15(23)31)19(35)29-12(3-2-9-27-21(25)26)18(34)30-14(20(36)37)5-7-16(24)32/h11-14H,2-10,22H2,1H3,(H2,23,31)(H2,24,32)(H,28,33)(H,29,35)(H,30,34)(H,36,37)(H4,25,26,27). The third-order valence-corrected chi connectivity index (χ3v) is 5.80. The molecule has 0 aromatic carbocycles. The van der Waals surface area contributed by atoms with E-state index in [2.05, 4.69) is 20.9 Å². The van der Waals surface area contributed by atoms with Crippen LogP contribution >= 0.6 is 11.8 Å². The zero-order valence-electron chi connectivity index (χ0n) is 21.3. The molecule has 0 aromatic rings. The third-order valence-electron chi connectivity index (χ3n) is 5.15. The van der Waals surface area contributed by atoms with Crippen LogP contribution in [0.3, 0.4) is 0 Å². The number of rotatable bonds is 20. The van der Waals surface area contributed by atoms with Gasteiger partial charge < -0.3 is 49.7 Å². The number of carbonyl (C=O) groups excluding carboxylic acids is 5. The van der Waals surface area contributed by atoms with E-state index in [-0.39, 0.29) is 57.5 Å². The van der Waals surface area contributed by atoms with Crippen LogP contribution in [0.2, 0.25) is 0 Å². The molecule has 38 heavy (non-hydrogen) atoms. The van der Waals surface area contributed by atoms with Crippen molar-refractivity contribution in [2.75, 3.05) is 18.6 Å².